The highest BCUT2D eigenvalue weighted by atomic mass is 32.2. The Balaban J connectivity index is 1.05. The number of aromatic nitrogens is 5. The molecule has 2 aliphatic rings. The van der Waals surface area contributed by atoms with E-state index in [0.717, 1.165) is 19.6 Å². The molecule has 0 spiro atoms. The van der Waals surface area contributed by atoms with Gasteiger partial charge in [-0.05, 0) is 79.0 Å². The van der Waals surface area contributed by atoms with Crippen molar-refractivity contribution < 1.29 is 24.2 Å². The largest absolute Gasteiger partial charge is 0.481 e. The zero-order valence-electron chi connectivity index (χ0n) is 23.2. The van der Waals surface area contributed by atoms with Crippen molar-refractivity contribution in [1.29, 1.82) is 0 Å². The Morgan fingerprint density at radius 1 is 1.00 bits per heavy atom. The van der Waals surface area contributed by atoms with Gasteiger partial charge in [-0.15, -0.1) is 5.10 Å². The molecule has 0 bridgehead atoms. The monoisotopic (exact) mass is 594 g/mol. The van der Waals surface area contributed by atoms with Crippen LogP contribution in [0, 0.1) is 0 Å². The van der Waals surface area contributed by atoms with Gasteiger partial charge in [0.2, 0.25) is 5.16 Å². The van der Waals surface area contributed by atoms with E-state index >= 15 is 0 Å². The first-order valence-electron chi connectivity index (χ1n) is 14.1. The van der Waals surface area contributed by atoms with E-state index in [2.05, 4.69) is 30.7 Å². The number of nitrogens with zero attached hydrogens (tertiary/aromatic N) is 7. The number of hydrogen-bond donors (Lipinski definition) is 2. The Morgan fingerprint density at radius 2 is 1.76 bits per heavy atom. The maximum absolute atomic E-state index is 12.7. The number of hydrogen-bond acceptors (Lipinski definition) is 10. The SMILES string of the molecule is O=C(O)CCn1nnnc1SC1CCN(C(=O)Oc2ccc(NC(=O)c3ccc(CN4CCCCC4)cc3)nc2)CC1. The minimum absolute atomic E-state index is 0.0576. The predicted octanol–water partition coefficient (Wildman–Crippen LogP) is 3.54. The topological polar surface area (TPSA) is 156 Å². The number of benzene rings is 1. The van der Waals surface area contributed by atoms with Crippen molar-refractivity contribution in [3.63, 3.8) is 0 Å². The summed E-state index contributed by atoms with van der Waals surface area (Å²) >= 11 is 1.49. The van der Waals surface area contributed by atoms with Crippen LogP contribution in [0.4, 0.5) is 10.6 Å². The summed E-state index contributed by atoms with van der Waals surface area (Å²) in [4.78, 5) is 44.5. The Bertz CT molecular complexity index is 1350. The van der Waals surface area contributed by atoms with Crippen molar-refractivity contribution in [2.75, 3.05) is 31.5 Å². The van der Waals surface area contributed by atoms with Gasteiger partial charge in [0.05, 0.1) is 19.2 Å². The van der Waals surface area contributed by atoms with Crippen LogP contribution in [0.1, 0.15) is 54.4 Å². The number of carboxylic acid groups (broad SMARTS) is 1. The van der Waals surface area contributed by atoms with Crippen molar-refractivity contribution in [3.05, 3.63) is 53.7 Å². The molecule has 13 nitrogen and oxygen atoms in total. The van der Waals surface area contributed by atoms with E-state index in [1.54, 1.807) is 17.0 Å². The number of tetrazole rings is 1. The molecule has 0 saturated carbocycles. The van der Waals surface area contributed by atoms with Gasteiger partial charge in [-0.25, -0.2) is 14.5 Å². The third-order valence-corrected chi connectivity index (χ3v) is 8.57. The zero-order valence-corrected chi connectivity index (χ0v) is 24.0. The molecule has 2 N–H and O–H groups in total. The van der Waals surface area contributed by atoms with Crippen molar-refractivity contribution in [2.45, 2.75) is 62.0 Å². The summed E-state index contributed by atoms with van der Waals surface area (Å²) < 4.78 is 6.99. The number of carbonyl (C=O) groups excluding carboxylic acids is 2. The molecule has 5 rings (SSSR count). The third kappa shape index (κ3) is 8.26. The fourth-order valence-electron chi connectivity index (χ4n) is 4.93. The van der Waals surface area contributed by atoms with Crippen molar-refractivity contribution >= 4 is 35.5 Å². The van der Waals surface area contributed by atoms with Crippen LogP contribution in [0.25, 0.3) is 0 Å². The summed E-state index contributed by atoms with van der Waals surface area (Å²) in [6.45, 7) is 4.37. The van der Waals surface area contributed by atoms with Gasteiger partial charge in [0.15, 0.2) is 5.75 Å². The summed E-state index contributed by atoms with van der Waals surface area (Å²) in [5, 5.41) is 23.9. The van der Waals surface area contributed by atoms with Gasteiger partial charge in [-0.3, -0.25) is 14.5 Å². The average molecular weight is 595 g/mol. The molecule has 3 aromatic rings. The zero-order chi connectivity index (χ0) is 29.3. The maximum atomic E-state index is 12.7. The number of thioether (sulfide) groups is 1. The van der Waals surface area contributed by atoms with Gasteiger partial charge < -0.3 is 20.1 Å². The first kappa shape index (κ1) is 29.5. The second kappa shape index (κ2) is 14.2. The summed E-state index contributed by atoms with van der Waals surface area (Å²) in [7, 11) is 0. The van der Waals surface area contributed by atoms with E-state index in [-0.39, 0.29) is 29.9 Å². The quantitative estimate of drug-likeness (QED) is 0.354. The molecule has 1 aromatic carbocycles. The number of pyridine rings is 1. The van der Waals surface area contributed by atoms with Gasteiger partial charge in [-0.1, -0.05) is 30.3 Å². The number of carboxylic acids is 1. The number of aliphatic carboxylic acids is 1. The van der Waals surface area contributed by atoms with Crippen LogP contribution in [0.5, 0.6) is 5.75 Å². The van der Waals surface area contributed by atoms with Crippen LogP contribution < -0.4 is 10.1 Å². The molecule has 0 aliphatic carbocycles. The van der Waals surface area contributed by atoms with Gasteiger partial charge in [0.25, 0.3) is 5.91 Å². The molecule has 4 heterocycles. The first-order chi connectivity index (χ1) is 20.4. The molecule has 2 aromatic heterocycles. The molecule has 2 saturated heterocycles. The van der Waals surface area contributed by atoms with E-state index in [9.17, 15) is 14.4 Å². The first-order valence-corrected chi connectivity index (χ1v) is 15.0. The minimum Gasteiger partial charge on any atom is -0.481 e. The van der Waals surface area contributed by atoms with Crippen LogP contribution >= 0.6 is 11.8 Å². The number of nitrogens with one attached hydrogen (secondary N) is 1. The highest BCUT2D eigenvalue weighted by Crippen LogP contribution is 2.29. The van der Waals surface area contributed by atoms with Crippen molar-refractivity contribution in [2.24, 2.45) is 0 Å². The number of piperidine rings is 2. The van der Waals surface area contributed by atoms with Crippen molar-refractivity contribution in [3.8, 4) is 5.75 Å². The van der Waals surface area contributed by atoms with E-state index in [1.165, 1.54) is 47.5 Å². The number of amides is 2. The highest BCUT2D eigenvalue weighted by molar-refractivity contribution is 7.99. The Kier molecular flexibility index (Phi) is 9.98. The predicted molar refractivity (Wildman–Crippen MR) is 154 cm³/mol. The maximum Gasteiger partial charge on any atom is 0.415 e. The third-order valence-electron chi connectivity index (χ3n) is 7.26. The Morgan fingerprint density at radius 3 is 2.45 bits per heavy atom. The lowest BCUT2D eigenvalue weighted by molar-refractivity contribution is -0.137. The lowest BCUT2D eigenvalue weighted by atomic mass is 10.1. The number of carbonyl (C=O) groups is 3. The molecule has 0 radical (unpaired) electrons. The van der Waals surface area contributed by atoms with E-state index < -0.39 is 12.1 Å². The number of rotatable bonds is 10. The molecule has 2 aliphatic heterocycles. The fraction of sp³-hybridized carbons (Fsp3) is 0.464. The van der Waals surface area contributed by atoms with E-state index in [4.69, 9.17) is 9.84 Å². The molecular formula is C28H34N8O5S. The van der Waals surface area contributed by atoms with Crippen molar-refractivity contribution in [1.82, 2.24) is 35.0 Å². The fourth-order valence-corrected chi connectivity index (χ4v) is 6.01. The number of likely N-dealkylation sites (tertiary alicyclic amines) is 2. The lowest BCUT2D eigenvalue weighted by Crippen LogP contribution is -2.41. The van der Waals surface area contributed by atoms with Gasteiger partial charge >= 0.3 is 12.1 Å². The lowest BCUT2D eigenvalue weighted by Gasteiger charge is -2.30. The summed E-state index contributed by atoms with van der Waals surface area (Å²) in [6.07, 6.45) is 6.11. The molecule has 2 amide bonds. The van der Waals surface area contributed by atoms with Crippen LogP contribution in [-0.2, 0) is 17.9 Å². The number of ether oxygens (including phenoxy) is 1. The summed E-state index contributed by atoms with van der Waals surface area (Å²) in [6, 6.07) is 10.8. The molecule has 14 heteroatoms. The van der Waals surface area contributed by atoms with Crippen LogP contribution in [0.2, 0.25) is 0 Å². The molecule has 0 atom stereocenters. The molecule has 42 heavy (non-hydrogen) atoms. The van der Waals surface area contributed by atoms with Crippen LogP contribution in [-0.4, -0.2) is 89.5 Å². The van der Waals surface area contributed by atoms with Crippen LogP contribution in [0.3, 0.4) is 0 Å². The van der Waals surface area contributed by atoms with Gasteiger partial charge in [0, 0.05) is 30.4 Å². The summed E-state index contributed by atoms with van der Waals surface area (Å²) in [5.41, 5.74) is 1.74. The molecule has 222 valence electrons. The standard InChI is InChI=1S/C28H34N8O5S/c37-25(38)12-17-36-27(31-32-33-36)42-23-10-15-35(16-11-23)28(40)41-22-8-9-24(29-18-22)30-26(39)21-6-4-20(5-7-21)19-34-13-2-1-3-14-34/h4-9,18,23H,1-3,10-17,19H2,(H,37,38)(H,29,30,39). The van der Waals surface area contributed by atoms with Crippen LogP contribution in [0.15, 0.2) is 47.8 Å². The van der Waals surface area contributed by atoms with E-state index in [1.807, 2.05) is 24.3 Å². The minimum atomic E-state index is -0.910. The molecule has 2 fully saturated rings. The second-order valence-electron chi connectivity index (χ2n) is 10.4. The second-order valence-corrected chi connectivity index (χ2v) is 11.6. The Hall–Kier alpha value is -4.04. The Labute approximate surface area is 247 Å². The highest BCUT2D eigenvalue weighted by Gasteiger charge is 2.26. The smallest absolute Gasteiger partial charge is 0.415 e. The molecule has 0 unspecified atom stereocenters. The van der Waals surface area contributed by atoms with E-state index in [0.29, 0.717) is 42.5 Å². The number of anilines is 1. The van der Waals surface area contributed by atoms with Gasteiger partial charge in [-0.2, -0.15) is 0 Å². The summed E-state index contributed by atoms with van der Waals surface area (Å²) in [5.74, 6) is -0.518. The van der Waals surface area contributed by atoms with Gasteiger partial charge in [0.1, 0.15) is 5.82 Å². The number of aryl methyl sites for hydroxylation is 1. The average Bonchev–Trinajstić information content (AvgIpc) is 3.45. The molecular weight excluding hydrogens is 560 g/mol. The normalized spacial score (nSPS) is 16.2.